The molecule has 0 bridgehead atoms. The number of nitrogens with one attached hydrogen (secondary N) is 1. The number of hydrogen-bond donors (Lipinski definition) is 1. The Kier molecular flexibility index (Phi) is 4.22. The second-order valence-electron chi connectivity index (χ2n) is 5.13. The highest BCUT2D eigenvalue weighted by atomic mass is 16.5. The predicted octanol–water partition coefficient (Wildman–Crippen LogP) is 0.539. The first-order chi connectivity index (χ1) is 8.65. The van der Waals surface area contributed by atoms with Crippen molar-refractivity contribution in [2.45, 2.75) is 45.2 Å². The zero-order valence-corrected chi connectivity index (χ0v) is 11.1. The van der Waals surface area contributed by atoms with Gasteiger partial charge >= 0.3 is 0 Å². The van der Waals surface area contributed by atoms with Gasteiger partial charge in [-0.15, -0.1) is 0 Å². The van der Waals surface area contributed by atoms with Crippen molar-refractivity contribution >= 4 is 11.8 Å². The third-order valence-corrected chi connectivity index (χ3v) is 4.11. The molecule has 2 rings (SSSR count). The third kappa shape index (κ3) is 2.51. The highest BCUT2D eigenvalue weighted by Crippen LogP contribution is 2.26. The number of ether oxygens (including phenoxy) is 1. The fraction of sp³-hybridized carbons (Fsp3) is 0.846. The Balaban J connectivity index is 2.11. The van der Waals surface area contributed by atoms with Crippen LogP contribution < -0.4 is 5.32 Å². The van der Waals surface area contributed by atoms with Gasteiger partial charge in [0.25, 0.3) is 0 Å². The summed E-state index contributed by atoms with van der Waals surface area (Å²) < 4.78 is 5.36. The Hall–Kier alpha value is -1.10. The number of amides is 2. The summed E-state index contributed by atoms with van der Waals surface area (Å²) in [5.41, 5.74) is 0. The van der Waals surface area contributed by atoms with E-state index in [0.717, 1.165) is 26.1 Å². The smallest absolute Gasteiger partial charge is 0.243 e. The van der Waals surface area contributed by atoms with E-state index in [-0.39, 0.29) is 30.4 Å². The van der Waals surface area contributed by atoms with Crippen LogP contribution in [0.25, 0.3) is 0 Å². The van der Waals surface area contributed by atoms with Gasteiger partial charge in [-0.2, -0.15) is 0 Å². The van der Waals surface area contributed by atoms with E-state index < -0.39 is 0 Å². The highest BCUT2D eigenvalue weighted by molar-refractivity contribution is 5.94. The number of carbonyl (C=O) groups excluding carboxylic acids is 2. The van der Waals surface area contributed by atoms with E-state index in [4.69, 9.17) is 4.74 Å². The van der Waals surface area contributed by atoms with Crippen molar-refractivity contribution in [2.75, 3.05) is 19.8 Å². The summed E-state index contributed by atoms with van der Waals surface area (Å²) in [6.45, 7) is 5.69. The van der Waals surface area contributed by atoms with Crippen molar-refractivity contribution in [3.63, 3.8) is 0 Å². The Morgan fingerprint density at radius 2 is 2.06 bits per heavy atom. The van der Waals surface area contributed by atoms with E-state index in [1.54, 1.807) is 4.90 Å². The van der Waals surface area contributed by atoms with Crippen LogP contribution in [-0.2, 0) is 14.3 Å². The van der Waals surface area contributed by atoms with Gasteiger partial charge in [0.15, 0.2) is 0 Å². The number of rotatable bonds is 3. The van der Waals surface area contributed by atoms with Gasteiger partial charge < -0.3 is 15.0 Å². The van der Waals surface area contributed by atoms with E-state index in [1.165, 1.54) is 0 Å². The lowest BCUT2D eigenvalue weighted by Crippen LogP contribution is -2.62. The molecule has 102 valence electrons. The minimum absolute atomic E-state index is 0.0176. The lowest BCUT2D eigenvalue weighted by Gasteiger charge is -2.42. The van der Waals surface area contributed by atoms with E-state index in [9.17, 15) is 9.59 Å². The number of piperazine rings is 1. The maximum absolute atomic E-state index is 12.1. The molecule has 2 fully saturated rings. The molecule has 2 aliphatic heterocycles. The fourth-order valence-electron chi connectivity index (χ4n) is 2.99. The van der Waals surface area contributed by atoms with Gasteiger partial charge in [0, 0.05) is 19.3 Å². The van der Waals surface area contributed by atoms with Crippen LogP contribution in [0.4, 0.5) is 0 Å². The average Bonchev–Trinajstić information content (AvgIpc) is 2.41. The quantitative estimate of drug-likeness (QED) is 0.799. The van der Waals surface area contributed by atoms with Crippen LogP contribution in [0, 0.1) is 5.92 Å². The van der Waals surface area contributed by atoms with Crippen LogP contribution in [0.3, 0.4) is 0 Å². The Bertz CT molecular complexity index is 326. The van der Waals surface area contributed by atoms with Crippen LogP contribution in [0.1, 0.15) is 33.1 Å². The number of carbonyl (C=O) groups is 2. The predicted molar refractivity (Wildman–Crippen MR) is 66.9 cm³/mol. The summed E-state index contributed by atoms with van der Waals surface area (Å²) in [5, 5.41) is 2.67. The first-order valence-electron chi connectivity index (χ1n) is 6.81. The van der Waals surface area contributed by atoms with Crippen molar-refractivity contribution in [1.29, 1.82) is 0 Å². The van der Waals surface area contributed by atoms with Crippen LogP contribution in [-0.4, -0.2) is 48.6 Å². The minimum Gasteiger partial charge on any atom is -0.381 e. The van der Waals surface area contributed by atoms with Gasteiger partial charge in [0.1, 0.15) is 6.04 Å². The summed E-state index contributed by atoms with van der Waals surface area (Å²) >= 11 is 0. The van der Waals surface area contributed by atoms with E-state index >= 15 is 0 Å². The van der Waals surface area contributed by atoms with Crippen LogP contribution in [0.2, 0.25) is 0 Å². The van der Waals surface area contributed by atoms with E-state index in [2.05, 4.69) is 12.2 Å². The van der Waals surface area contributed by atoms with Gasteiger partial charge in [-0.05, 0) is 32.1 Å². The zero-order chi connectivity index (χ0) is 13.1. The van der Waals surface area contributed by atoms with Crippen LogP contribution >= 0.6 is 0 Å². The Labute approximate surface area is 108 Å². The minimum atomic E-state index is -0.302. The summed E-state index contributed by atoms with van der Waals surface area (Å²) in [5.74, 6) is 0.471. The number of hydrogen-bond acceptors (Lipinski definition) is 3. The van der Waals surface area contributed by atoms with Crippen molar-refractivity contribution in [3.05, 3.63) is 0 Å². The van der Waals surface area contributed by atoms with Crippen molar-refractivity contribution < 1.29 is 14.3 Å². The zero-order valence-electron chi connectivity index (χ0n) is 11.1. The Morgan fingerprint density at radius 3 is 2.67 bits per heavy atom. The molecule has 0 aromatic carbocycles. The fourth-order valence-corrected chi connectivity index (χ4v) is 2.99. The standard InChI is InChI=1S/C13H22N2O3/c1-3-11-13(17)14-8-12(16)15(11)9(2)10-4-6-18-7-5-10/h9-11H,3-8H2,1-2H3,(H,14,17). The lowest BCUT2D eigenvalue weighted by molar-refractivity contribution is -0.150. The lowest BCUT2D eigenvalue weighted by atomic mass is 9.90. The van der Waals surface area contributed by atoms with E-state index in [1.807, 2.05) is 6.92 Å². The van der Waals surface area contributed by atoms with Crippen molar-refractivity contribution in [3.8, 4) is 0 Å². The molecule has 0 saturated carbocycles. The molecule has 2 heterocycles. The molecule has 2 unspecified atom stereocenters. The first-order valence-corrected chi connectivity index (χ1v) is 6.81. The molecule has 2 saturated heterocycles. The Morgan fingerprint density at radius 1 is 1.39 bits per heavy atom. The molecule has 18 heavy (non-hydrogen) atoms. The van der Waals surface area contributed by atoms with Gasteiger partial charge in [-0.25, -0.2) is 0 Å². The second kappa shape index (κ2) is 5.69. The third-order valence-electron chi connectivity index (χ3n) is 4.11. The molecule has 2 amide bonds. The summed E-state index contributed by atoms with van der Waals surface area (Å²) in [4.78, 5) is 25.7. The molecule has 0 spiro atoms. The SMILES string of the molecule is CCC1C(=O)NCC(=O)N1C(C)C1CCOCC1. The van der Waals surface area contributed by atoms with Crippen LogP contribution in [0.15, 0.2) is 0 Å². The van der Waals surface area contributed by atoms with Gasteiger partial charge in [-0.3, -0.25) is 9.59 Å². The monoisotopic (exact) mass is 254 g/mol. The molecule has 2 aliphatic rings. The average molecular weight is 254 g/mol. The molecule has 5 nitrogen and oxygen atoms in total. The normalized spacial score (nSPS) is 28.1. The molecule has 0 aromatic heterocycles. The molecular weight excluding hydrogens is 232 g/mol. The summed E-state index contributed by atoms with van der Waals surface area (Å²) in [7, 11) is 0. The largest absolute Gasteiger partial charge is 0.381 e. The highest BCUT2D eigenvalue weighted by Gasteiger charge is 2.38. The van der Waals surface area contributed by atoms with Gasteiger partial charge in [-0.1, -0.05) is 6.92 Å². The maximum Gasteiger partial charge on any atom is 0.243 e. The molecule has 2 atom stereocenters. The summed E-state index contributed by atoms with van der Waals surface area (Å²) in [6.07, 6.45) is 2.62. The van der Waals surface area contributed by atoms with Crippen molar-refractivity contribution in [2.24, 2.45) is 5.92 Å². The maximum atomic E-state index is 12.1. The van der Waals surface area contributed by atoms with E-state index in [0.29, 0.717) is 12.3 Å². The molecular formula is C13H22N2O3. The van der Waals surface area contributed by atoms with Gasteiger partial charge in [0.2, 0.25) is 11.8 Å². The molecule has 5 heteroatoms. The first kappa shape index (κ1) is 13.3. The topological polar surface area (TPSA) is 58.6 Å². The second-order valence-corrected chi connectivity index (χ2v) is 5.13. The molecule has 1 N–H and O–H groups in total. The molecule has 0 aromatic rings. The van der Waals surface area contributed by atoms with Crippen molar-refractivity contribution in [1.82, 2.24) is 10.2 Å². The van der Waals surface area contributed by atoms with Gasteiger partial charge in [0.05, 0.1) is 6.54 Å². The molecule has 0 radical (unpaired) electrons. The molecule has 0 aliphatic carbocycles. The summed E-state index contributed by atoms with van der Waals surface area (Å²) in [6, 6.07) is -0.179. The van der Waals surface area contributed by atoms with Crippen LogP contribution in [0.5, 0.6) is 0 Å². The number of nitrogens with zero attached hydrogens (tertiary/aromatic N) is 1.